The molecule has 4 aromatic rings. The molecule has 0 spiro atoms. The number of ether oxygens (including phenoxy) is 3. The molecule has 9 heteroatoms. The lowest BCUT2D eigenvalue weighted by Gasteiger charge is -2.35. The van der Waals surface area contributed by atoms with Gasteiger partial charge in [-0.15, -0.1) is 0 Å². The normalized spacial score (nSPS) is 14.9. The maximum Gasteiger partial charge on any atom is 0.416 e. The number of H-pyrrole nitrogens is 1. The van der Waals surface area contributed by atoms with Gasteiger partial charge in [0.2, 0.25) is 0 Å². The Balaban J connectivity index is 1.36. The number of likely N-dealkylation sites (N-methyl/N-ethyl adjacent to an activating group) is 1. The van der Waals surface area contributed by atoms with Crippen molar-refractivity contribution in [3.63, 3.8) is 0 Å². The summed E-state index contributed by atoms with van der Waals surface area (Å²) in [6.45, 7) is 3.56. The molecule has 5 rings (SSSR count). The summed E-state index contributed by atoms with van der Waals surface area (Å²) in [6.07, 6.45) is 1.04. The smallest absolute Gasteiger partial charge is 0.416 e. The fourth-order valence-electron chi connectivity index (χ4n) is 5.10. The van der Waals surface area contributed by atoms with E-state index in [2.05, 4.69) is 16.9 Å². The average Bonchev–Trinajstić information content (AvgIpc) is 3.33. The van der Waals surface area contributed by atoms with Gasteiger partial charge >= 0.3 is 6.09 Å². The lowest BCUT2D eigenvalue weighted by atomic mass is 9.92. The second-order valence-corrected chi connectivity index (χ2v) is 10.4. The summed E-state index contributed by atoms with van der Waals surface area (Å²) in [4.78, 5) is 20.9. The van der Waals surface area contributed by atoms with E-state index in [0.717, 1.165) is 53.0 Å². The first-order valence-corrected chi connectivity index (χ1v) is 13.7. The minimum atomic E-state index is -0.503. The Morgan fingerprint density at radius 3 is 2.55 bits per heavy atom. The Morgan fingerprint density at radius 1 is 1.05 bits per heavy atom. The van der Waals surface area contributed by atoms with Crippen LogP contribution in [0.5, 0.6) is 11.5 Å². The molecule has 40 heavy (non-hydrogen) atoms. The largest absolute Gasteiger partial charge is 0.494 e. The molecule has 0 aliphatic carbocycles. The Hall–Kier alpha value is -3.59. The standard InChI is InChI=1S/C31H33ClFN3O4/c1-35(17-19-38-2)15-3-18-39-24-9-4-21(5-10-24)30-29-26(27-20-22(32)6-13-28(27)34-29)14-16-36(30)31(37)40-25-11-7-23(33)8-12-25/h4-13,20,30,34H,3,14-19H2,1-2H3. The van der Waals surface area contributed by atoms with E-state index in [4.69, 9.17) is 25.8 Å². The molecule has 7 nitrogen and oxygen atoms in total. The number of fused-ring (bicyclic) bond motifs is 3. The number of carbonyl (C=O) groups excluding carboxylic acids is 1. The molecule has 0 saturated heterocycles. The van der Waals surface area contributed by atoms with Crippen molar-refractivity contribution in [2.24, 2.45) is 0 Å². The molecule has 1 unspecified atom stereocenters. The molecular formula is C31H33ClFN3O4. The van der Waals surface area contributed by atoms with Crippen molar-refractivity contribution < 1.29 is 23.4 Å². The van der Waals surface area contributed by atoms with Crippen molar-refractivity contribution in [2.75, 3.05) is 47.0 Å². The van der Waals surface area contributed by atoms with Gasteiger partial charge < -0.3 is 24.1 Å². The number of nitrogens with zero attached hydrogens (tertiary/aromatic N) is 2. The highest BCUT2D eigenvalue weighted by atomic mass is 35.5. The second-order valence-electron chi connectivity index (χ2n) is 9.94. The zero-order chi connectivity index (χ0) is 28.1. The highest BCUT2D eigenvalue weighted by molar-refractivity contribution is 6.31. The van der Waals surface area contributed by atoms with Crippen LogP contribution in [0.1, 0.15) is 29.3 Å². The number of rotatable bonds is 10. The molecule has 1 aliphatic heterocycles. The molecule has 3 aromatic carbocycles. The van der Waals surface area contributed by atoms with Crippen molar-refractivity contribution in [2.45, 2.75) is 18.9 Å². The van der Waals surface area contributed by atoms with Crippen LogP contribution >= 0.6 is 11.6 Å². The molecule has 2 heterocycles. The lowest BCUT2D eigenvalue weighted by molar-refractivity contribution is 0.135. The van der Waals surface area contributed by atoms with Gasteiger partial charge in [0, 0.05) is 48.4 Å². The van der Waals surface area contributed by atoms with Gasteiger partial charge in [-0.25, -0.2) is 9.18 Å². The second kappa shape index (κ2) is 12.7. The summed E-state index contributed by atoms with van der Waals surface area (Å²) in [5.41, 5.74) is 3.93. The van der Waals surface area contributed by atoms with E-state index in [1.54, 1.807) is 12.0 Å². The van der Waals surface area contributed by atoms with E-state index in [-0.39, 0.29) is 5.75 Å². The van der Waals surface area contributed by atoms with Gasteiger partial charge in [-0.3, -0.25) is 4.90 Å². The summed E-state index contributed by atoms with van der Waals surface area (Å²) in [5.74, 6) is 0.664. The quantitative estimate of drug-likeness (QED) is 0.224. The molecule has 1 amide bonds. The van der Waals surface area contributed by atoms with E-state index in [1.807, 2.05) is 42.5 Å². The number of aromatic nitrogens is 1. The summed E-state index contributed by atoms with van der Waals surface area (Å²) < 4.78 is 30.1. The third kappa shape index (κ3) is 6.41. The molecule has 1 atom stereocenters. The van der Waals surface area contributed by atoms with E-state index in [0.29, 0.717) is 31.2 Å². The van der Waals surface area contributed by atoms with Crippen LogP contribution in [0.4, 0.5) is 9.18 Å². The number of hydrogen-bond donors (Lipinski definition) is 1. The predicted octanol–water partition coefficient (Wildman–Crippen LogP) is 6.45. The number of halogens is 2. The van der Waals surface area contributed by atoms with Gasteiger partial charge in [0.05, 0.1) is 13.2 Å². The van der Waals surface area contributed by atoms with Gasteiger partial charge in [0.25, 0.3) is 0 Å². The van der Waals surface area contributed by atoms with Crippen LogP contribution in [-0.4, -0.2) is 67.9 Å². The van der Waals surface area contributed by atoms with Crippen molar-refractivity contribution >= 4 is 28.6 Å². The molecular weight excluding hydrogens is 533 g/mol. The van der Waals surface area contributed by atoms with E-state index in [9.17, 15) is 9.18 Å². The Morgan fingerprint density at radius 2 is 1.80 bits per heavy atom. The molecule has 0 saturated carbocycles. The van der Waals surface area contributed by atoms with Gasteiger partial charge in [-0.2, -0.15) is 0 Å². The number of amides is 1. The maximum absolute atomic E-state index is 13.4. The highest BCUT2D eigenvalue weighted by Gasteiger charge is 2.35. The molecule has 210 valence electrons. The van der Waals surface area contributed by atoms with Crippen LogP contribution in [0.15, 0.2) is 66.7 Å². The Kier molecular flexibility index (Phi) is 8.89. The minimum Gasteiger partial charge on any atom is -0.494 e. The van der Waals surface area contributed by atoms with Gasteiger partial charge in [-0.1, -0.05) is 23.7 Å². The van der Waals surface area contributed by atoms with Gasteiger partial charge in [0.1, 0.15) is 23.4 Å². The monoisotopic (exact) mass is 565 g/mol. The van der Waals surface area contributed by atoms with Crippen molar-refractivity contribution in [1.82, 2.24) is 14.8 Å². The summed E-state index contributed by atoms with van der Waals surface area (Å²) in [6, 6.07) is 18.6. The topological polar surface area (TPSA) is 67.0 Å². The van der Waals surface area contributed by atoms with Crippen molar-refractivity contribution in [3.8, 4) is 11.5 Å². The fraction of sp³-hybridized carbons (Fsp3) is 0.323. The fourth-order valence-corrected chi connectivity index (χ4v) is 5.27. The van der Waals surface area contributed by atoms with E-state index < -0.39 is 18.0 Å². The van der Waals surface area contributed by atoms with Crippen LogP contribution < -0.4 is 9.47 Å². The molecule has 0 fully saturated rings. The Labute approximate surface area is 238 Å². The van der Waals surface area contributed by atoms with Crippen LogP contribution in [0.25, 0.3) is 10.9 Å². The first kappa shape index (κ1) is 28.0. The number of nitrogens with one attached hydrogen (secondary N) is 1. The van der Waals surface area contributed by atoms with Crippen LogP contribution in [0, 0.1) is 5.82 Å². The van der Waals surface area contributed by atoms with Crippen LogP contribution in [-0.2, 0) is 11.2 Å². The first-order chi connectivity index (χ1) is 19.4. The summed E-state index contributed by atoms with van der Waals surface area (Å²) >= 11 is 6.31. The van der Waals surface area contributed by atoms with Crippen molar-refractivity contribution in [1.29, 1.82) is 0 Å². The number of methoxy groups -OCH3 is 1. The minimum absolute atomic E-state index is 0.288. The van der Waals surface area contributed by atoms with Crippen molar-refractivity contribution in [3.05, 3.63) is 94.4 Å². The number of aromatic amines is 1. The van der Waals surface area contributed by atoms with Gasteiger partial charge in [0.15, 0.2) is 0 Å². The van der Waals surface area contributed by atoms with E-state index in [1.165, 1.54) is 24.3 Å². The number of benzene rings is 3. The molecule has 0 bridgehead atoms. The summed E-state index contributed by atoms with van der Waals surface area (Å²) in [7, 11) is 3.77. The Bertz CT molecular complexity index is 1440. The van der Waals surface area contributed by atoms with Crippen LogP contribution in [0.2, 0.25) is 5.02 Å². The van der Waals surface area contributed by atoms with E-state index >= 15 is 0 Å². The molecule has 1 aliphatic rings. The average molecular weight is 566 g/mol. The lowest BCUT2D eigenvalue weighted by Crippen LogP contribution is -2.42. The number of carbonyl (C=O) groups is 1. The van der Waals surface area contributed by atoms with Gasteiger partial charge in [-0.05, 0) is 85.6 Å². The highest BCUT2D eigenvalue weighted by Crippen LogP contribution is 2.40. The zero-order valence-electron chi connectivity index (χ0n) is 22.7. The third-order valence-corrected chi connectivity index (χ3v) is 7.40. The summed E-state index contributed by atoms with van der Waals surface area (Å²) in [5, 5.41) is 1.71. The molecule has 1 aromatic heterocycles. The number of hydrogen-bond acceptors (Lipinski definition) is 5. The zero-order valence-corrected chi connectivity index (χ0v) is 23.4. The molecule has 1 N–H and O–H groups in total. The maximum atomic E-state index is 13.4. The predicted molar refractivity (Wildman–Crippen MR) is 154 cm³/mol. The molecule has 0 radical (unpaired) electrons. The first-order valence-electron chi connectivity index (χ1n) is 13.4. The SMILES string of the molecule is COCCN(C)CCCOc1ccc(C2c3[nH]c4ccc(Cl)cc4c3CCN2C(=O)Oc2ccc(F)cc2)cc1. The third-order valence-electron chi connectivity index (χ3n) is 7.17. The van der Waals surface area contributed by atoms with Crippen LogP contribution in [0.3, 0.4) is 0 Å².